The van der Waals surface area contributed by atoms with Gasteiger partial charge >= 0.3 is 0 Å². The van der Waals surface area contributed by atoms with Crippen LogP contribution >= 0.6 is 0 Å². The minimum Gasteiger partial charge on any atom is -0.456 e. The zero-order valence-electron chi connectivity index (χ0n) is 111. The van der Waals surface area contributed by atoms with Gasteiger partial charge in [-0.25, -0.2) is 0 Å². The van der Waals surface area contributed by atoms with Crippen LogP contribution in [0.3, 0.4) is 0 Å². The average molecular weight is 1350 g/mol. The standard InChI is InChI=1S/2C50H30O/c1-2-14-33-30-47-45(29-32(33)13-1)50-44(24-11-25-46(50)51-47)49-42-20-7-5-18-40(42)48(41-19-6-8-21-43(41)49)35-16-9-15-34(28-35)37-22-10-23-38-36-17-4-3-12-31(36)26-27-39(37)38;1-2-14-32-30-47-45(28-31(32)13-1)50-43(25-12-26-46(50)51-47)49-41-23-9-7-21-39(41)48(40-22-8-10-24-42(40)49)35-17-11-16-33(27-35)44-29-34-15-3-4-18-36(34)37-19-5-6-20-38(37)44/h2*1-30H/i2*1D,2D,3D,4D,5D,6D,7D,8D,9D,10D,11D,12D,13D,14D,15D,16D,17D,18D,19D,20D,21D,22D,23D,24D,25D,26D,27D,28D,29D,30D. The van der Waals surface area contributed by atoms with Crippen molar-refractivity contribution in [3.05, 3.63) is 363 Å². The summed E-state index contributed by atoms with van der Waals surface area (Å²) in [7, 11) is 0. The van der Waals surface area contributed by atoms with E-state index >= 15 is 0 Å². The summed E-state index contributed by atoms with van der Waals surface area (Å²) in [6.07, 6.45) is 0. The van der Waals surface area contributed by atoms with Gasteiger partial charge in [0.2, 0.25) is 0 Å². The molecule has 0 aliphatic carbocycles. The van der Waals surface area contributed by atoms with Gasteiger partial charge in [0.1, 0.15) is 22.3 Å². The molecule has 0 radical (unpaired) electrons. The molecule has 472 valence electrons. The second-order valence-corrected chi connectivity index (χ2v) is 22.5. The lowest BCUT2D eigenvalue weighted by molar-refractivity contribution is 0.669. The number of rotatable bonds is 6. The number of furan rings is 2. The highest BCUT2D eigenvalue weighted by Crippen LogP contribution is 2.51. The summed E-state index contributed by atoms with van der Waals surface area (Å²) in [6, 6.07) is -57.2. The smallest absolute Gasteiger partial charge is 0.136 e. The van der Waals surface area contributed by atoms with Crippen molar-refractivity contribution in [2.75, 3.05) is 0 Å². The van der Waals surface area contributed by atoms with E-state index in [1.807, 2.05) is 0 Å². The van der Waals surface area contributed by atoms with Crippen LogP contribution in [0.15, 0.2) is 371 Å². The van der Waals surface area contributed by atoms with E-state index in [0.29, 0.717) is 0 Å². The molecular weight excluding hydrogens is 1230 g/mol. The van der Waals surface area contributed by atoms with E-state index in [9.17, 15) is 35.6 Å². The zero-order valence-corrected chi connectivity index (χ0v) is 50.8. The second-order valence-electron chi connectivity index (χ2n) is 22.5. The van der Waals surface area contributed by atoms with Crippen molar-refractivity contribution in [1.82, 2.24) is 0 Å². The topological polar surface area (TPSA) is 26.3 Å². The van der Waals surface area contributed by atoms with E-state index in [2.05, 4.69) is 0 Å². The van der Waals surface area contributed by atoms with Crippen LogP contribution in [0.2, 0.25) is 0 Å². The first-order chi connectivity index (χ1) is 75.6. The molecular formula is C100H60O2. The zero-order chi connectivity index (χ0) is 119. The number of fused-ring (bicyclic) bond motifs is 18. The first-order valence-corrected chi connectivity index (χ1v) is 30.3. The van der Waals surface area contributed by atoms with Crippen molar-refractivity contribution in [2.45, 2.75) is 0 Å². The molecule has 0 spiro atoms. The predicted molar refractivity (Wildman–Crippen MR) is 435 cm³/mol. The summed E-state index contributed by atoms with van der Waals surface area (Å²) in [5, 5.41) is -15.7. The summed E-state index contributed by atoms with van der Waals surface area (Å²) < 4.78 is 559. The molecule has 2 heterocycles. The third kappa shape index (κ3) is 9.06. The molecule has 0 saturated carbocycles. The molecule has 0 unspecified atom stereocenters. The molecule has 2 aromatic heterocycles. The third-order valence-corrected chi connectivity index (χ3v) is 17.1. The largest absolute Gasteiger partial charge is 0.456 e. The first kappa shape index (κ1) is 23.9. The van der Waals surface area contributed by atoms with Crippen molar-refractivity contribution in [3.8, 4) is 66.8 Å². The van der Waals surface area contributed by atoms with Gasteiger partial charge in [-0.05, 0) is 229 Å². The minimum absolute atomic E-state index is 0.504. The van der Waals surface area contributed by atoms with E-state index in [4.69, 9.17) is 55.4 Å². The Balaban J connectivity index is 0.000000186. The van der Waals surface area contributed by atoms with E-state index in [1.165, 1.54) is 0 Å². The van der Waals surface area contributed by atoms with Gasteiger partial charge in [-0.2, -0.15) is 0 Å². The van der Waals surface area contributed by atoms with Crippen LogP contribution in [0.5, 0.6) is 0 Å². The molecule has 22 aromatic rings. The van der Waals surface area contributed by atoms with Crippen molar-refractivity contribution in [3.63, 3.8) is 0 Å². The second kappa shape index (κ2) is 23.1. The maximum atomic E-state index is 10.1. The van der Waals surface area contributed by atoms with Crippen molar-refractivity contribution >= 4 is 152 Å². The summed E-state index contributed by atoms with van der Waals surface area (Å²) in [5.74, 6) is 0. The van der Waals surface area contributed by atoms with Crippen molar-refractivity contribution in [1.29, 1.82) is 0 Å². The van der Waals surface area contributed by atoms with E-state index in [-0.39, 0.29) is 0 Å². The van der Waals surface area contributed by atoms with Crippen LogP contribution in [0.1, 0.15) is 82.2 Å². The molecule has 2 heteroatoms. The van der Waals surface area contributed by atoms with Crippen LogP contribution in [0.4, 0.5) is 0 Å². The molecule has 0 aliphatic rings. The molecule has 0 atom stereocenters. The maximum Gasteiger partial charge on any atom is 0.136 e. The SMILES string of the molecule is [2H]c1c([2H])c(-c2c3c([2H])c([2H])c([2H])c([2H])c3c(-c3c([2H])c([2H])c([2H])c4oc5c([2H])c6c([2H])c([2H])c([2H])c([2H])c6c([2H])c5c34)c3c([2H])c([2H])c([2H])c([2H])c23)c([2H])c(-c2c([2H])c([2H])c([2H])c3c2c([2H])c([2H])c2c([2H])c([2H])c([2H])c([2H])c23)c1[2H].[2H]c1c([2H])c(-c2c3c([2H])c([2H])c([2H])c([2H])c3c(-c3c([2H])c([2H])c([2H])c4oc5c([2H])c6c([2H])c([2H])c([2H])c([2H])c6c([2H])c5c34)c3c([2H])c([2H])c([2H])c([2H])c23)c([2H])c(-c2c([2H])c3c([2H])c([2H])c([2H])c([2H])c3c3c([2H])c([2H])c([2H])c([2H])c23)c1[2H]. The molecule has 0 aliphatic heterocycles. The molecule has 20 aromatic carbocycles. The Kier molecular flexibility index (Phi) is 5.42. The quantitative estimate of drug-likeness (QED) is 0.123. The molecule has 2 nitrogen and oxygen atoms in total. The Bertz CT molecular complexity index is 10900. The van der Waals surface area contributed by atoms with Gasteiger partial charge in [-0.1, -0.05) is 308 Å². The fourth-order valence-corrected chi connectivity index (χ4v) is 12.9. The van der Waals surface area contributed by atoms with Crippen molar-refractivity contribution < 1.29 is 91.1 Å². The fraction of sp³-hybridized carbons (Fsp3) is 0. The van der Waals surface area contributed by atoms with Gasteiger partial charge in [0.15, 0.2) is 0 Å². The van der Waals surface area contributed by atoms with Gasteiger partial charge < -0.3 is 8.83 Å². The molecule has 102 heavy (non-hydrogen) atoms. The van der Waals surface area contributed by atoms with Gasteiger partial charge in [0.05, 0.1) is 82.2 Å². The van der Waals surface area contributed by atoms with Crippen LogP contribution < -0.4 is 0 Å². The highest BCUT2D eigenvalue weighted by molar-refractivity contribution is 6.29. The Labute approximate surface area is 671 Å². The van der Waals surface area contributed by atoms with Gasteiger partial charge in [-0.3, -0.25) is 0 Å². The third-order valence-electron chi connectivity index (χ3n) is 17.1. The maximum absolute atomic E-state index is 10.1. The number of hydrogen-bond acceptors (Lipinski definition) is 2. The normalized spacial score (nSPS) is 20.2. The molecule has 0 N–H and O–H groups in total. The van der Waals surface area contributed by atoms with Crippen LogP contribution in [-0.4, -0.2) is 0 Å². The fourth-order valence-electron chi connectivity index (χ4n) is 12.9. The number of hydrogen-bond donors (Lipinski definition) is 0. The van der Waals surface area contributed by atoms with Gasteiger partial charge in [-0.15, -0.1) is 0 Å². The average Bonchev–Trinajstić information content (AvgIpc) is 1.29. The highest BCUT2D eigenvalue weighted by Gasteiger charge is 2.24. The number of benzene rings is 20. The monoisotopic (exact) mass is 1350 g/mol. The summed E-state index contributed by atoms with van der Waals surface area (Å²) in [4.78, 5) is 0. The lowest BCUT2D eigenvalue weighted by atomic mass is 9.84. The Morgan fingerprint density at radius 3 is 0.941 bits per heavy atom. The summed E-state index contributed by atoms with van der Waals surface area (Å²) in [6.45, 7) is 0. The lowest BCUT2D eigenvalue weighted by Gasteiger charge is -2.19. The Hall–Kier alpha value is -13.4. The molecule has 0 amide bonds. The predicted octanol–water partition coefficient (Wildman–Crippen LogP) is 28.7. The van der Waals surface area contributed by atoms with E-state index in [1.54, 1.807) is 0 Å². The summed E-state index contributed by atoms with van der Waals surface area (Å²) in [5.41, 5.74) is -12.6. The molecule has 0 saturated heterocycles. The molecule has 0 fully saturated rings. The van der Waals surface area contributed by atoms with Crippen LogP contribution in [0, 0.1) is 0 Å². The van der Waals surface area contributed by atoms with Gasteiger partial charge in [0, 0.05) is 21.5 Å². The lowest BCUT2D eigenvalue weighted by Crippen LogP contribution is -1.92. The Morgan fingerprint density at radius 2 is 0.471 bits per heavy atom. The van der Waals surface area contributed by atoms with Crippen molar-refractivity contribution in [2.24, 2.45) is 0 Å². The van der Waals surface area contributed by atoms with E-state index < -0.39 is 581 Å². The first-order valence-electron chi connectivity index (χ1n) is 60.3. The minimum atomic E-state index is -1.15. The Morgan fingerprint density at radius 1 is 0.157 bits per heavy atom. The summed E-state index contributed by atoms with van der Waals surface area (Å²) >= 11 is 0. The molecule has 22 rings (SSSR count). The highest BCUT2D eigenvalue weighted by atomic mass is 16.3. The van der Waals surface area contributed by atoms with Crippen LogP contribution in [-0.2, 0) is 0 Å². The van der Waals surface area contributed by atoms with E-state index in [0.717, 1.165) is 0 Å². The van der Waals surface area contributed by atoms with Gasteiger partial charge in [0.25, 0.3) is 0 Å². The van der Waals surface area contributed by atoms with Crippen LogP contribution in [0.25, 0.3) is 218 Å². The molecule has 0 bridgehead atoms.